The first-order chi connectivity index (χ1) is 15.6. The first kappa shape index (κ1) is 20.2. The van der Waals surface area contributed by atoms with E-state index in [-0.39, 0.29) is 17.9 Å². The highest BCUT2D eigenvalue weighted by molar-refractivity contribution is 5.84. The number of aromatic amines is 1. The summed E-state index contributed by atoms with van der Waals surface area (Å²) in [4.78, 5) is 41.3. The summed E-state index contributed by atoms with van der Waals surface area (Å²) in [5.74, 6) is 1.02. The van der Waals surface area contributed by atoms with Crippen molar-refractivity contribution >= 4 is 33.7 Å². The molecule has 0 unspecified atom stereocenters. The van der Waals surface area contributed by atoms with Crippen LogP contribution in [0.3, 0.4) is 0 Å². The van der Waals surface area contributed by atoms with E-state index in [1.54, 1.807) is 0 Å². The predicted octanol–water partition coefficient (Wildman–Crippen LogP) is 3.06. The zero-order valence-electron chi connectivity index (χ0n) is 18.0. The van der Waals surface area contributed by atoms with E-state index in [2.05, 4.69) is 33.9 Å². The summed E-state index contributed by atoms with van der Waals surface area (Å²) in [5.41, 5.74) is 3.83. The molecule has 1 amide bonds. The van der Waals surface area contributed by atoms with Gasteiger partial charge in [0.15, 0.2) is 0 Å². The molecule has 4 aromatic rings. The third-order valence-electron chi connectivity index (χ3n) is 6.11. The summed E-state index contributed by atoms with van der Waals surface area (Å²) in [6.07, 6.45) is 0.617. The Hall–Kier alpha value is -3.74. The number of pyridine rings is 1. The number of fused-ring (bicyclic) bond motifs is 2. The number of carbonyl (C=O) groups excluding carboxylic acids is 1. The number of benzene rings is 2. The highest BCUT2D eigenvalue weighted by atomic mass is 16.2. The first-order valence-electron chi connectivity index (χ1n) is 11.0. The predicted molar refractivity (Wildman–Crippen MR) is 126 cm³/mol. The van der Waals surface area contributed by atoms with Crippen LogP contribution in [0.15, 0.2) is 59.4 Å². The minimum absolute atomic E-state index is 0.0571. The zero-order chi connectivity index (χ0) is 22.1. The van der Waals surface area contributed by atoms with Gasteiger partial charge in [-0.3, -0.25) is 9.59 Å². The quantitative estimate of drug-likeness (QED) is 0.541. The maximum absolute atomic E-state index is 12.8. The number of aryl methyl sites for hydroxylation is 2. The molecule has 1 saturated heterocycles. The number of hydrogen-bond acceptors (Lipinski definition) is 5. The highest BCUT2D eigenvalue weighted by Gasteiger charge is 2.22. The van der Waals surface area contributed by atoms with Crippen molar-refractivity contribution in [1.29, 1.82) is 0 Å². The van der Waals surface area contributed by atoms with Crippen molar-refractivity contribution in [3.05, 3.63) is 76.2 Å². The number of piperazine rings is 1. The van der Waals surface area contributed by atoms with Gasteiger partial charge in [-0.25, -0.2) is 9.97 Å². The first-order valence-corrected chi connectivity index (χ1v) is 11.0. The standard InChI is InChI=1S/C25H25N5O2/c1-17-16-23(27-19-7-3-2-6-18(17)19)29-12-14-30(15-13-29)24(31)11-10-22-25(32)28-21-9-5-4-8-20(21)26-22/h2-9,16H,10-15H2,1H3,(H,28,32). The second-order valence-electron chi connectivity index (χ2n) is 8.21. The van der Waals surface area contributed by atoms with E-state index in [0.29, 0.717) is 30.7 Å². The molecule has 0 atom stereocenters. The normalized spacial score (nSPS) is 14.3. The fourth-order valence-electron chi connectivity index (χ4n) is 4.30. The van der Waals surface area contributed by atoms with Gasteiger partial charge in [0, 0.05) is 44.4 Å². The summed E-state index contributed by atoms with van der Waals surface area (Å²) in [5, 5.41) is 1.17. The molecular formula is C25H25N5O2. The molecule has 32 heavy (non-hydrogen) atoms. The van der Waals surface area contributed by atoms with Crippen molar-refractivity contribution in [3.63, 3.8) is 0 Å². The van der Waals surface area contributed by atoms with Crippen LogP contribution in [0.1, 0.15) is 17.7 Å². The minimum Gasteiger partial charge on any atom is -0.353 e. The van der Waals surface area contributed by atoms with Crippen molar-refractivity contribution in [2.75, 3.05) is 31.1 Å². The monoisotopic (exact) mass is 427 g/mol. The molecule has 1 aliphatic rings. The maximum atomic E-state index is 12.8. The van der Waals surface area contributed by atoms with E-state index >= 15 is 0 Å². The molecule has 2 aromatic carbocycles. The number of rotatable bonds is 4. The summed E-state index contributed by atoms with van der Waals surface area (Å²) < 4.78 is 0. The summed E-state index contributed by atoms with van der Waals surface area (Å²) in [6.45, 7) is 4.88. The lowest BCUT2D eigenvalue weighted by Crippen LogP contribution is -2.49. The fraction of sp³-hybridized carbons (Fsp3) is 0.280. The maximum Gasteiger partial charge on any atom is 0.270 e. The van der Waals surface area contributed by atoms with Gasteiger partial charge in [0.1, 0.15) is 11.5 Å². The summed E-state index contributed by atoms with van der Waals surface area (Å²) >= 11 is 0. The lowest BCUT2D eigenvalue weighted by Gasteiger charge is -2.35. The molecule has 1 N–H and O–H groups in total. The van der Waals surface area contributed by atoms with Gasteiger partial charge in [-0.15, -0.1) is 0 Å². The van der Waals surface area contributed by atoms with Crippen molar-refractivity contribution in [3.8, 4) is 0 Å². The van der Waals surface area contributed by atoms with Crippen molar-refractivity contribution in [1.82, 2.24) is 19.9 Å². The third-order valence-corrected chi connectivity index (χ3v) is 6.11. The number of hydrogen-bond donors (Lipinski definition) is 1. The average Bonchev–Trinajstić information content (AvgIpc) is 2.82. The topological polar surface area (TPSA) is 82.2 Å². The van der Waals surface area contributed by atoms with Crippen LogP contribution in [0.5, 0.6) is 0 Å². The van der Waals surface area contributed by atoms with Crippen molar-refractivity contribution in [2.45, 2.75) is 19.8 Å². The molecule has 2 aromatic heterocycles. The number of amides is 1. The zero-order valence-corrected chi connectivity index (χ0v) is 18.0. The molecule has 1 aliphatic heterocycles. The van der Waals surface area contributed by atoms with Crippen LogP contribution in [0.4, 0.5) is 5.82 Å². The minimum atomic E-state index is -0.223. The van der Waals surface area contributed by atoms with Gasteiger partial charge in [0.05, 0.1) is 16.6 Å². The van der Waals surface area contributed by atoms with Gasteiger partial charge in [-0.05, 0) is 36.8 Å². The Morgan fingerprint density at radius 3 is 2.50 bits per heavy atom. The van der Waals surface area contributed by atoms with Gasteiger partial charge in [0.25, 0.3) is 5.56 Å². The number of nitrogens with zero attached hydrogens (tertiary/aromatic N) is 4. The number of carbonyl (C=O) groups is 1. The number of para-hydroxylation sites is 3. The Bertz CT molecular complexity index is 1360. The van der Waals surface area contributed by atoms with Gasteiger partial charge < -0.3 is 14.8 Å². The number of nitrogens with one attached hydrogen (secondary N) is 1. The van der Waals surface area contributed by atoms with Gasteiger partial charge in [-0.2, -0.15) is 0 Å². The molecule has 5 rings (SSSR count). The summed E-state index contributed by atoms with van der Waals surface area (Å²) in [7, 11) is 0. The SMILES string of the molecule is Cc1cc(N2CCN(C(=O)CCc3nc4ccccc4[nH]c3=O)CC2)nc2ccccc12. The van der Waals surface area contributed by atoms with Gasteiger partial charge in [0.2, 0.25) is 5.91 Å². The lowest BCUT2D eigenvalue weighted by atomic mass is 10.1. The van der Waals surface area contributed by atoms with E-state index in [1.165, 1.54) is 10.9 Å². The van der Waals surface area contributed by atoms with Crippen LogP contribution >= 0.6 is 0 Å². The Kier molecular flexibility index (Phi) is 5.31. The van der Waals surface area contributed by atoms with Crippen LogP contribution in [0.25, 0.3) is 21.9 Å². The lowest BCUT2D eigenvalue weighted by molar-refractivity contribution is -0.131. The molecular weight excluding hydrogens is 402 g/mol. The number of H-pyrrole nitrogens is 1. The fourth-order valence-corrected chi connectivity index (χ4v) is 4.30. The average molecular weight is 428 g/mol. The van der Waals surface area contributed by atoms with E-state index < -0.39 is 0 Å². The molecule has 7 nitrogen and oxygen atoms in total. The van der Waals surface area contributed by atoms with Gasteiger partial charge in [-0.1, -0.05) is 30.3 Å². The number of anilines is 1. The second-order valence-corrected chi connectivity index (χ2v) is 8.21. The van der Waals surface area contributed by atoms with Crippen molar-refractivity contribution in [2.24, 2.45) is 0 Å². The molecule has 0 radical (unpaired) electrons. The van der Waals surface area contributed by atoms with E-state index in [9.17, 15) is 9.59 Å². The molecule has 0 aliphatic carbocycles. The van der Waals surface area contributed by atoms with Crippen LogP contribution in [-0.2, 0) is 11.2 Å². The Morgan fingerprint density at radius 1 is 0.969 bits per heavy atom. The molecule has 0 spiro atoms. The Balaban J connectivity index is 1.22. The summed E-state index contributed by atoms with van der Waals surface area (Å²) in [6, 6.07) is 17.7. The van der Waals surface area contributed by atoms with Gasteiger partial charge >= 0.3 is 0 Å². The van der Waals surface area contributed by atoms with E-state index in [1.807, 2.05) is 47.4 Å². The second kappa shape index (κ2) is 8.42. The molecule has 1 fully saturated rings. The molecule has 3 heterocycles. The van der Waals surface area contributed by atoms with Crippen LogP contribution in [0.2, 0.25) is 0 Å². The van der Waals surface area contributed by atoms with Crippen LogP contribution in [-0.4, -0.2) is 51.9 Å². The van der Waals surface area contributed by atoms with E-state index in [4.69, 9.17) is 4.98 Å². The largest absolute Gasteiger partial charge is 0.353 e. The molecule has 7 heteroatoms. The molecule has 0 bridgehead atoms. The number of aromatic nitrogens is 3. The van der Waals surface area contributed by atoms with Crippen molar-refractivity contribution < 1.29 is 4.79 Å². The Labute approximate surface area is 185 Å². The molecule has 162 valence electrons. The third kappa shape index (κ3) is 3.93. The Morgan fingerprint density at radius 2 is 1.69 bits per heavy atom. The van der Waals surface area contributed by atoms with Crippen LogP contribution in [0, 0.1) is 6.92 Å². The molecule has 0 saturated carbocycles. The smallest absolute Gasteiger partial charge is 0.270 e. The van der Waals surface area contributed by atoms with E-state index in [0.717, 1.165) is 29.9 Å². The van der Waals surface area contributed by atoms with Crippen LogP contribution < -0.4 is 10.5 Å². The highest BCUT2D eigenvalue weighted by Crippen LogP contribution is 2.23.